The second-order valence-electron chi connectivity index (χ2n) is 3.80. The molecule has 0 saturated heterocycles. The molecule has 98 valence electrons. The van der Waals surface area contributed by atoms with Crippen LogP contribution >= 0.6 is 11.8 Å². The van der Waals surface area contributed by atoms with Crippen LogP contribution in [0.25, 0.3) is 0 Å². The number of aromatic hydroxyl groups is 1. The van der Waals surface area contributed by atoms with E-state index in [1.54, 1.807) is 31.3 Å². The average molecular weight is 269 g/mol. The Labute approximate surface area is 109 Å². The fraction of sp³-hybridized carbons (Fsp3) is 0.333. The number of aliphatic carboxylic acids is 1. The molecule has 0 unspecified atom stereocenters. The third kappa shape index (κ3) is 5.09. The van der Waals surface area contributed by atoms with Crippen molar-refractivity contribution in [2.75, 3.05) is 18.6 Å². The highest BCUT2D eigenvalue weighted by molar-refractivity contribution is 8.00. The van der Waals surface area contributed by atoms with E-state index in [1.807, 2.05) is 0 Å². The van der Waals surface area contributed by atoms with Crippen LogP contribution in [0.4, 0.5) is 0 Å². The van der Waals surface area contributed by atoms with Gasteiger partial charge in [0.1, 0.15) is 5.75 Å². The van der Waals surface area contributed by atoms with Gasteiger partial charge in [-0.15, -0.1) is 11.8 Å². The minimum atomic E-state index is -0.922. The molecule has 0 saturated carbocycles. The lowest BCUT2D eigenvalue weighted by atomic mass is 10.2. The van der Waals surface area contributed by atoms with E-state index < -0.39 is 5.97 Å². The maximum atomic E-state index is 11.7. The minimum Gasteiger partial charge on any atom is -0.508 e. The van der Waals surface area contributed by atoms with E-state index in [0.29, 0.717) is 6.54 Å². The largest absolute Gasteiger partial charge is 0.508 e. The summed E-state index contributed by atoms with van der Waals surface area (Å²) in [5, 5.41) is 17.6. The molecule has 0 atom stereocenters. The maximum Gasteiger partial charge on any atom is 0.313 e. The van der Waals surface area contributed by atoms with Gasteiger partial charge >= 0.3 is 5.97 Å². The van der Waals surface area contributed by atoms with Gasteiger partial charge in [-0.05, 0) is 17.7 Å². The van der Waals surface area contributed by atoms with Crippen molar-refractivity contribution in [2.45, 2.75) is 6.54 Å². The summed E-state index contributed by atoms with van der Waals surface area (Å²) in [5.74, 6) is -0.771. The molecule has 5 nitrogen and oxygen atoms in total. The number of thioether (sulfide) groups is 1. The molecule has 0 fully saturated rings. The van der Waals surface area contributed by atoms with Gasteiger partial charge in [-0.3, -0.25) is 9.59 Å². The Balaban J connectivity index is 2.39. The normalized spacial score (nSPS) is 10.1. The Kier molecular flexibility index (Phi) is 5.51. The van der Waals surface area contributed by atoms with Gasteiger partial charge in [0.15, 0.2) is 0 Å². The Morgan fingerprint density at radius 2 is 1.83 bits per heavy atom. The fourth-order valence-corrected chi connectivity index (χ4v) is 1.97. The first-order valence-corrected chi connectivity index (χ1v) is 6.46. The van der Waals surface area contributed by atoms with Crippen LogP contribution in [0.3, 0.4) is 0 Å². The molecular formula is C12H15NO4S. The molecule has 6 heteroatoms. The number of carbonyl (C=O) groups is 2. The molecule has 0 aliphatic rings. The summed E-state index contributed by atoms with van der Waals surface area (Å²) in [5.41, 5.74) is 0.909. The van der Waals surface area contributed by atoms with Gasteiger partial charge in [-0.2, -0.15) is 0 Å². The van der Waals surface area contributed by atoms with Gasteiger partial charge in [0.25, 0.3) is 0 Å². The zero-order valence-electron chi connectivity index (χ0n) is 10.00. The molecule has 2 N–H and O–H groups in total. The number of benzene rings is 1. The van der Waals surface area contributed by atoms with Gasteiger partial charge in [0, 0.05) is 13.6 Å². The van der Waals surface area contributed by atoms with Gasteiger partial charge in [-0.25, -0.2) is 0 Å². The quantitative estimate of drug-likeness (QED) is 0.810. The molecule has 0 aromatic heterocycles. The summed E-state index contributed by atoms with van der Waals surface area (Å²) in [6.07, 6.45) is 0. The number of amides is 1. The van der Waals surface area contributed by atoms with E-state index in [1.165, 1.54) is 4.90 Å². The van der Waals surface area contributed by atoms with Crippen molar-refractivity contribution in [3.05, 3.63) is 29.8 Å². The van der Waals surface area contributed by atoms with Crippen LogP contribution in [0.2, 0.25) is 0 Å². The van der Waals surface area contributed by atoms with Crippen molar-refractivity contribution in [3.63, 3.8) is 0 Å². The van der Waals surface area contributed by atoms with Crippen molar-refractivity contribution in [2.24, 2.45) is 0 Å². The van der Waals surface area contributed by atoms with E-state index in [2.05, 4.69) is 0 Å². The molecule has 0 aliphatic heterocycles. The number of hydrogen-bond acceptors (Lipinski definition) is 4. The van der Waals surface area contributed by atoms with Crippen LogP contribution in [-0.2, 0) is 16.1 Å². The van der Waals surface area contributed by atoms with E-state index in [-0.39, 0.29) is 23.2 Å². The SMILES string of the molecule is CN(Cc1ccc(O)cc1)C(=O)CSCC(=O)O. The Bertz CT molecular complexity index is 419. The van der Waals surface area contributed by atoms with Gasteiger partial charge in [-0.1, -0.05) is 12.1 Å². The van der Waals surface area contributed by atoms with Crippen LogP contribution in [-0.4, -0.2) is 45.5 Å². The molecule has 1 aromatic carbocycles. The van der Waals surface area contributed by atoms with Gasteiger partial charge in [0.05, 0.1) is 11.5 Å². The number of carbonyl (C=O) groups excluding carboxylic acids is 1. The number of carboxylic acid groups (broad SMARTS) is 1. The summed E-state index contributed by atoms with van der Waals surface area (Å²) in [6.45, 7) is 0.437. The Hall–Kier alpha value is -1.69. The summed E-state index contributed by atoms with van der Waals surface area (Å²) in [4.78, 5) is 23.5. The van der Waals surface area contributed by atoms with Crippen LogP contribution in [0.5, 0.6) is 5.75 Å². The van der Waals surface area contributed by atoms with E-state index >= 15 is 0 Å². The molecule has 1 aromatic rings. The second kappa shape index (κ2) is 6.90. The molecule has 0 bridgehead atoms. The molecule has 1 rings (SSSR count). The zero-order chi connectivity index (χ0) is 13.5. The predicted octanol–water partition coefficient (Wildman–Crippen LogP) is 1.17. The van der Waals surface area contributed by atoms with Crippen LogP contribution in [0, 0.1) is 0 Å². The fourth-order valence-electron chi connectivity index (χ4n) is 1.30. The van der Waals surface area contributed by atoms with Crippen molar-refractivity contribution < 1.29 is 19.8 Å². The topological polar surface area (TPSA) is 77.8 Å². The number of carboxylic acids is 1. The number of hydrogen-bond donors (Lipinski definition) is 2. The highest BCUT2D eigenvalue weighted by atomic mass is 32.2. The summed E-state index contributed by atoms with van der Waals surface area (Å²) in [7, 11) is 1.66. The van der Waals surface area contributed by atoms with Crippen molar-refractivity contribution in [1.82, 2.24) is 4.90 Å². The summed E-state index contributed by atoms with van der Waals surface area (Å²) < 4.78 is 0. The Morgan fingerprint density at radius 1 is 1.22 bits per heavy atom. The predicted molar refractivity (Wildman–Crippen MR) is 69.5 cm³/mol. The van der Waals surface area contributed by atoms with Crippen molar-refractivity contribution >= 4 is 23.6 Å². The minimum absolute atomic E-state index is 0.0706. The molecule has 18 heavy (non-hydrogen) atoms. The standard InChI is InChI=1S/C12H15NO4S/c1-13(11(15)7-18-8-12(16)17)6-9-2-4-10(14)5-3-9/h2-5,14H,6-8H2,1H3,(H,16,17). The van der Waals surface area contributed by atoms with E-state index in [9.17, 15) is 9.59 Å². The third-order valence-corrected chi connectivity index (χ3v) is 3.14. The van der Waals surface area contributed by atoms with Gasteiger partial charge < -0.3 is 15.1 Å². The number of phenolic OH excluding ortho intramolecular Hbond substituents is 1. The maximum absolute atomic E-state index is 11.7. The number of nitrogens with zero attached hydrogens (tertiary/aromatic N) is 1. The summed E-state index contributed by atoms with van der Waals surface area (Å²) in [6, 6.07) is 6.60. The monoisotopic (exact) mass is 269 g/mol. The smallest absolute Gasteiger partial charge is 0.313 e. The first-order valence-electron chi connectivity index (χ1n) is 5.30. The third-order valence-electron chi connectivity index (χ3n) is 2.23. The highest BCUT2D eigenvalue weighted by Crippen LogP contribution is 2.11. The lowest BCUT2D eigenvalue weighted by Gasteiger charge is -2.16. The number of rotatable bonds is 6. The molecule has 0 aliphatic carbocycles. The first kappa shape index (κ1) is 14.4. The van der Waals surface area contributed by atoms with E-state index in [0.717, 1.165) is 17.3 Å². The van der Waals surface area contributed by atoms with Gasteiger partial charge in [0.2, 0.25) is 5.91 Å². The second-order valence-corrected chi connectivity index (χ2v) is 4.79. The van der Waals surface area contributed by atoms with Crippen LogP contribution < -0.4 is 0 Å². The lowest BCUT2D eigenvalue weighted by Crippen LogP contribution is -2.28. The molecular weight excluding hydrogens is 254 g/mol. The first-order chi connectivity index (χ1) is 8.49. The molecule has 0 spiro atoms. The summed E-state index contributed by atoms with van der Waals surface area (Å²) >= 11 is 1.08. The Morgan fingerprint density at radius 3 is 2.39 bits per heavy atom. The molecule has 0 radical (unpaired) electrons. The van der Waals surface area contributed by atoms with Crippen LogP contribution in [0.15, 0.2) is 24.3 Å². The van der Waals surface area contributed by atoms with Crippen molar-refractivity contribution in [1.29, 1.82) is 0 Å². The zero-order valence-corrected chi connectivity index (χ0v) is 10.8. The van der Waals surface area contributed by atoms with E-state index in [4.69, 9.17) is 10.2 Å². The highest BCUT2D eigenvalue weighted by Gasteiger charge is 2.10. The molecule has 1 amide bonds. The number of phenols is 1. The van der Waals surface area contributed by atoms with Crippen molar-refractivity contribution in [3.8, 4) is 5.75 Å². The molecule has 0 heterocycles. The lowest BCUT2D eigenvalue weighted by molar-refractivity contribution is -0.133. The average Bonchev–Trinajstić information content (AvgIpc) is 2.31. The van der Waals surface area contributed by atoms with Crippen LogP contribution in [0.1, 0.15) is 5.56 Å².